The van der Waals surface area contributed by atoms with Crippen LogP contribution in [0, 0.1) is 11.7 Å². The van der Waals surface area contributed by atoms with Gasteiger partial charge in [0.15, 0.2) is 0 Å². The lowest BCUT2D eigenvalue weighted by Gasteiger charge is -2.19. The van der Waals surface area contributed by atoms with Gasteiger partial charge in [-0.2, -0.15) is 5.10 Å². The maximum atomic E-state index is 13.8. The Balaban J connectivity index is 1.52. The standard InChI is InChI=1S/C18H24FN5O/c1-14(13-24-8-4-5-21-24)12-20-18(25)22-16-9-15(19)10-17(11-16)23-6-2-3-7-23/h4-5,8-11,14H,2-3,6-7,12-13H2,1H3,(H2,20,22,25)/t14-/m0/s1. The van der Waals surface area contributed by atoms with Crippen LogP contribution in [0.5, 0.6) is 0 Å². The van der Waals surface area contributed by atoms with Crippen LogP contribution in [-0.2, 0) is 6.54 Å². The molecule has 134 valence electrons. The Kier molecular flexibility index (Phi) is 5.53. The van der Waals surface area contributed by atoms with Crippen LogP contribution in [0.2, 0.25) is 0 Å². The van der Waals surface area contributed by atoms with Crippen LogP contribution < -0.4 is 15.5 Å². The van der Waals surface area contributed by atoms with Crippen molar-refractivity contribution in [2.24, 2.45) is 5.92 Å². The van der Waals surface area contributed by atoms with Crippen LogP contribution in [0.4, 0.5) is 20.6 Å². The number of hydrogen-bond donors (Lipinski definition) is 2. The molecule has 2 aromatic rings. The van der Waals surface area contributed by atoms with Gasteiger partial charge in [-0.1, -0.05) is 6.92 Å². The van der Waals surface area contributed by atoms with Gasteiger partial charge in [-0.3, -0.25) is 4.68 Å². The molecule has 1 aliphatic rings. The molecule has 1 aromatic carbocycles. The van der Waals surface area contributed by atoms with E-state index >= 15 is 0 Å². The topological polar surface area (TPSA) is 62.2 Å². The number of rotatable bonds is 6. The first-order valence-electron chi connectivity index (χ1n) is 8.68. The second-order valence-corrected chi connectivity index (χ2v) is 6.56. The first-order valence-corrected chi connectivity index (χ1v) is 8.68. The van der Waals surface area contributed by atoms with Gasteiger partial charge < -0.3 is 15.5 Å². The number of nitrogens with one attached hydrogen (secondary N) is 2. The largest absolute Gasteiger partial charge is 0.371 e. The van der Waals surface area contributed by atoms with E-state index in [-0.39, 0.29) is 17.8 Å². The summed E-state index contributed by atoms with van der Waals surface area (Å²) in [7, 11) is 0. The number of anilines is 2. The maximum absolute atomic E-state index is 13.8. The SMILES string of the molecule is C[C@@H](CNC(=O)Nc1cc(F)cc(N2CCCC2)c1)Cn1cccn1. The summed E-state index contributed by atoms with van der Waals surface area (Å²) in [6, 6.07) is 6.22. The van der Waals surface area contributed by atoms with Crippen molar-refractivity contribution in [2.75, 3.05) is 29.9 Å². The molecular formula is C18H24FN5O. The number of aromatic nitrogens is 2. The highest BCUT2D eigenvalue weighted by Crippen LogP contribution is 2.25. The number of carbonyl (C=O) groups is 1. The second kappa shape index (κ2) is 8.00. The van der Waals surface area contributed by atoms with Crippen LogP contribution in [0.3, 0.4) is 0 Å². The zero-order chi connectivity index (χ0) is 17.6. The first kappa shape index (κ1) is 17.3. The van der Waals surface area contributed by atoms with Crippen molar-refractivity contribution in [1.82, 2.24) is 15.1 Å². The summed E-state index contributed by atoms with van der Waals surface area (Å²) in [5.74, 6) is -0.106. The van der Waals surface area contributed by atoms with Gasteiger partial charge >= 0.3 is 6.03 Å². The molecule has 7 heteroatoms. The third-order valence-corrected chi connectivity index (χ3v) is 4.28. The monoisotopic (exact) mass is 345 g/mol. The molecule has 25 heavy (non-hydrogen) atoms. The van der Waals surface area contributed by atoms with Crippen molar-refractivity contribution in [3.8, 4) is 0 Å². The van der Waals surface area contributed by atoms with Crippen molar-refractivity contribution >= 4 is 17.4 Å². The summed E-state index contributed by atoms with van der Waals surface area (Å²) in [6.45, 7) is 5.14. The molecule has 0 aliphatic carbocycles. The average Bonchev–Trinajstić information content (AvgIpc) is 3.26. The minimum Gasteiger partial charge on any atom is -0.371 e. The number of halogens is 1. The van der Waals surface area contributed by atoms with E-state index in [1.165, 1.54) is 12.1 Å². The molecule has 0 saturated carbocycles. The summed E-state index contributed by atoms with van der Waals surface area (Å²) in [5, 5.41) is 9.70. The molecule has 2 heterocycles. The number of urea groups is 1. The molecule has 1 saturated heterocycles. The Morgan fingerprint density at radius 1 is 1.32 bits per heavy atom. The normalized spacial score (nSPS) is 15.2. The van der Waals surface area contributed by atoms with Gasteiger partial charge in [-0.05, 0) is 43.0 Å². The third kappa shape index (κ3) is 4.95. The van der Waals surface area contributed by atoms with E-state index in [0.717, 1.165) is 38.2 Å². The van der Waals surface area contributed by atoms with Gasteiger partial charge in [0.2, 0.25) is 0 Å². The molecule has 1 atom stereocenters. The summed E-state index contributed by atoms with van der Waals surface area (Å²) >= 11 is 0. The van der Waals surface area contributed by atoms with E-state index in [1.807, 2.05) is 29.9 Å². The van der Waals surface area contributed by atoms with Crippen molar-refractivity contribution in [3.05, 3.63) is 42.5 Å². The van der Waals surface area contributed by atoms with Gasteiger partial charge in [0, 0.05) is 49.9 Å². The molecule has 0 spiro atoms. The smallest absolute Gasteiger partial charge is 0.319 e. The minimum atomic E-state index is -0.341. The highest BCUT2D eigenvalue weighted by atomic mass is 19.1. The second-order valence-electron chi connectivity index (χ2n) is 6.56. The summed E-state index contributed by atoms with van der Waals surface area (Å²) in [6.07, 6.45) is 5.86. The van der Waals surface area contributed by atoms with Crippen molar-refractivity contribution in [2.45, 2.75) is 26.3 Å². The zero-order valence-corrected chi connectivity index (χ0v) is 14.4. The Bertz CT molecular complexity index is 697. The van der Waals surface area contributed by atoms with Crippen molar-refractivity contribution < 1.29 is 9.18 Å². The molecule has 2 N–H and O–H groups in total. The van der Waals surface area contributed by atoms with E-state index < -0.39 is 0 Å². The fourth-order valence-corrected chi connectivity index (χ4v) is 3.04. The molecule has 0 radical (unpaired) electrons. The summed E-state index contributed by atoms with van der Waals surface area (Å²) in [4.78, 5) is 14.2. The number of hydrogen-bond acceptors (Lipinski definition) is 3. The number of carbonyl (C=O) groups excluding carboxylic acids is 1. The molecular weight excluding hydrogens is 321 g/mol. The zero-order valence-electron chi connectivity index (χ0n) is 14.4. The van der Waals surface area contributed by atoms with E-state index in [2.05, 4.69) is 20.6 Å². The quantitative estimate of drug-likeness (QED) is 0.846. The minimum absolute atomic E-state index is 0.235. The molecule has 6 nitrogen and oxygen atoms in total. The Morgan fingerprint density at radius 2 is 2.12 bits per heavy atom. The molecule has 0 unspecified atom stereocenters. The average molecular weight is 345 g/mol. The molecule has 2 amide bonds. The number of amides is 2. The Labute approximate surface area is 147 Å². The molecule has 3 rings (SSSR count). The lowest BCUT2D eigenvalue weighted by molar-refractivity contribution is 0.249. The lowest BCUT2D eigenvalue weighted by Crippen LogP contribution is -2.33. The summed E-state index contributed by atoms with van der Waals surface area (Å²) < 4.78 is 15.7. The fourth-order valence-electron chi connectivity index (χ4n) is 3.04. The third-order valence-electron chi connectivity index (χ3n) is 4.28. The van der Waals surface area contributed by atoms with Gasteiger partial charge in [-0.15, -0.1) is 0 Å². The fraction of sp³-hybridized carbons (Fsp3) is 0.444. The van der Waals surface area contributed by atoms with Gasteiger partial charge in [-0.25, -0.2) is 9.18 Å². The predicted octanol–water partition coefficient (Wildman–Crippen LogP) is 3.08. The number of nitrogens with zero attached hydrogens (tertiary/aromatic N) is 3. The highest BCUT2D eigenvalue weighted by molar-refractivity contribution is 5.89. The molecule has 1 fully saturated rings. The van der Waals surface area contributed by atoms with Crippen LogP contribution in [0.15, 0.2) is 36.7 Å². The summed E-state index contributed by atoms with van der Waals surface area (Å²) in [5.41, 5.74) is 1.29. The predicted molar refractivity (Wildman–Crippen MR) is 96.3 cm³/mol. The molecule has 0 bridgehead atoms. The van der Waals surface area contributed by atoms with E-state index in [0.29, 0.717) is 12.2 Å². The Morgan fingerprint density at radius 3 is 2.84 bits per heavy atom. The highest BCUT2D eigenvalue weighted by Gasteiger charge is 2.15. The van der Waals surface area contributed by atoms with E-state index in [9.17, 15) is 9.18 Å². The van der Waals surface area contributed by atoms with Gasteiger partial charge in [0.1, 0.15) is 5.82 Å². The Hall–Kier alpha value is -2.57. The van der Waals surface area contributed by atoms with Crippen molar-refractivity contribution in [1.29, 1.82) is 0 Å². The maximum Gasteiger partial charge on any atom is 0.319 e. The van der Waals surface area contributed by atoms with Crippen LogP contribution >= 0.6 is 0 Å². The molecule has 1 aliphatic heterocycles. The lowest BCUT2D eigenvalue weighted by atomic mass is 10.2. The van der Waals surface area contributed by atoms with E-state index in [4.69, 9.17) is 0 Å². The van der Waals surface area contributed by atoms with E-state index in [1.54, 1.807) is 6.20 Å². The van der Waals surface area contributed by atoms with Gasteiger partial charge in [0.25, 0.3) is 0 Å². The van der Waals surface area contributed by atoms with Gasteiger partial charge in [0.05, 0.1) is 0 Å². The van der Waals surface area contributed by atoms with Crippen molar-refractivity contribution in [3.63, 3.8) is 0 Å². The first-order chi connectivity index (χ1) is 12.1. The van der Waals surface area contributed by atoms with Crippen LogP contribution in [0.25, 0.3) is 0 Å². The number of benzene rings is 1. The van der Waals surface area contributed by atoms with Crippen LogP contribution in [0.1, 0.15) is 19.8 Å². The molecule has 1 aromatic heterocycles. The van der Waals surface area contributed by atoms with Crippen LogP contribution in [-0.4, -0.2) is 35.4 Å².